The summed E-state index contributed by atoms with van der Waals surface area (Å²) >= 11 is 2.22. The Bertz CT molecular complexity index is 279. The highest BCUT2D eigenvalue weighted by Crippen LogP contribution is 2.13. The summed E-state index contributed by atoms with van der Waals surface area (Å²) in [4.78, 5) is 8.08. The molecule has 14 heavy (non-hydrogen) atoms. The number of rotatable bonds is 5. The van der Waals surface area contributed by atoms with Gasteiger partial charge in [-0.25, -0.2) is 9.97 Å². The van der Waals surface area contributed by atoms with E-state index >= 15 is 0 Å². The fourth-order valence-corrected chi connectivity index (χ4v) is 1.59. The molecule has 0 bridgehead atoms. The summed E-state index contributed by atoms with van der Waals surface area (Å²) in [6.07, 6.45) is 4.39. The molecule has 5 heteroatoms. The van der Waals surface area contributed by atoms with Gasteiger partial charge in [-0.05, 0) is 41.5 Å². The van der Waals surface area contributed by atoms with Crippen LogP contribution in [0.1, 0.15) is 13.3 Å². The first-order valence-electron chi connectivity index (χ1n) is 4.63. The molecule has 3 N–H and O–H groups in total. The van der Waals surface area contributed by atoms with Crippen LogP contribution in [-0.2, 0) is 0 Å². The third-order valence-corrected chi connectivity index (χ3v) is 2.73. The van der Waals surface area contributed by atoms with Gasteiger partial charge in [-0.2, -0.15) is 0 Å². The number of nitrogens with one attached hydrogen (secondary N) is 1. The Balaban J connectivity index is 2.41. The quantitative estimate of drug-likeness (QED) is 0.809. The van der Waals surface area contributed by atoms with E-state index in [4.69, 9.17) is 5.73 Å². The maximum Gasteiger partial charge on any atom is 0.142 e. The number of nitrogens with zero attached hydrogens (tertiary/aromatic N) is 2. The summed E-state index contributed by atoms with van der Waals surface area (Å²) in [5.41, 5.74) is 5.47. The summed E-state index contributed by atoms with van der Waals surface area (Å²) in [6, 6.07) is 0. The zero-order chi connectivity index (χ0) is 10.4. The van der Waals surface area contributed by atoms with E-state index in [-0.39, 0.29) is 0 Å². The van der Waals surface area contributed by atoms with Crippen LogP contribution in [0.2, 0.25) is 0 Å². The van der Waals surface area contributed by atoms with E-state index < -0.39 is 0 Å². The normalized spacial score (nSPS) is 12.5. The molecule has 0 aliphatic rings. The Hall–Kier alpha value is -0.430. The highest BCUT2D eigenvalue weighted by Gasteiger charge is 2.03. The van der Waals surface area contributed by atoms with E-state index in [9.17, 15) is 0 Å². The predicted octanol–water partition coefficient (Wildman–Crippen LogP) is 1.48. The molecule has 0 fully saturated rings. The van der Waals surface area contributed by atoms with Gasteiger partial charge in [-0.3, -0.25) is 0 Å². The van der Waals surface area contributed by atoms with Crippen molar-refractivity contribution >= 4 is 28.4 Å². The van der Waals surface area contributed by atoms with Crippen molar-refractivity contribution in [3.05, 3.63) is 16.1 Å². The predicted molar refractivity (Wildman–Crippen MR) is 66.1 cm³/mol. The molecule has 1 atom stereocenters. The van der Waals surface area contributed by atoms with E-state index in [1.54, 1.807) is 12.5 Å². The Kier molecular flexibility index (Phi) is 5.10. The van der Waals surface area contributed by atoms with Gasteiger partial charge in [-0.15, -0.1) is 0 Å². The molecule has 0 spiro atoms. The molecule has 1 aromatic heterocycles. The summed E-state index contributed by atoms with van der Waals surface area (Å²) in [7, 11) is 0. The van der Waals surface area contributed by atoms with Gasteiger partial charge in [0.2, 0.25) is 0 Å². The monoisotopic (exact) mass is 306 g/mol. The maximum absolute atomic E-state index is 5.47. The summed E-state index contributed by atoms with van der Waals surface area (Å²) in [6.45, 7) is 3.82. The summed E-state index contributed by atoms with van der Waals surface area (Å²) < 4.78 is 1.05. The Morgan fingerprint density at radius 3 is 3.07 bits per heavy atom. The van der Waals surface area contributed by atoms with Gasteiger partial charge in [0.1, 0.15) is 12.1 Å². The van der Waals surface area contributed by atoms with E-state index in [1.165, 1.54) is 0 Å². The molecular formula is C9H15IN4. The van der Waals surface area contributed by atoms with Crippen LogP contribution in [0.15, 0.2) is 12.5 Å². The second-order valence-corrected chi connectivity index (χ2v) is 4.44. The lowest BCUT2D eigenvalue weighted by Gasteiger charge is -2.12. The zero-order valence-electron chi connectivity index (χ0n) is 8.20. The van der Waals surface area contributed by atoms with Crippen molar-refractivity contribution < 1.29 is 0 Å². The molecule has 4 nitrogen and oxygen atoms in total. The second kappa shape index (κ2) is 6.13. The lowest BCUT2D eigenvalue weighted by atomic mass is 10.1. The minimum atomic E-state index is 0.575. The van der Waals surface area contributed by atoms with Crippen LogP contribution in [0.4, 0.5) is 5.82 Å². The molecule has 0 saturated heterocycles. The number of nitrogens with two attached hydrogens (primary N) is 1. The SMILES string of the molecule is CC(CCN)CNc1ncncc1I. The molecule has 0 saturated carbocycles. The van der Waals surface area contributed by atoms with Crippen molar-refractivity contribution in [3.8, 4) is 0 Å². The zero-order valence-corrected chi connectivity index (χ0v) is 10.4. The third-order valence-electron chi connectivity index (χ3n) is 1.95. The largest absolute Gasteiger partial charge is 0.369 e. The Labute approximate surface area is 97.8 Å². The van der Waals surface area contributed by atoms with Crippen LogP contribution < -0.4 is 11.1 Å². The molecule has 1 aromatic rings. The van der Waals surface area contributed by atoms with Crippen molar-refractivity contribution in [2.45, 2.75) is 13.3 Å². The van der Waals surface area contributed by atoms with E-state index in [0.717, 1.165) is 28.9 Å². The average Bonchev–Trinajstić information content (AvgIpc) is 2.17. The maximum atomic E-state index is 5.47. The van der Waals surface area contributed by atoms with Gasteiger partial charge in [0.25, 0.3) is 0 Å². The van der Waals surface area contributed by atoms with Crippen molar-refractivity contribution in [2.24, 2.45) is 11.7 Å². The summed E-state index contributed by atoms with van der Waals surface area (Å²) in [5, 5.41) is 3.28. The fraction of sp³-hybridized carbons (Fsp3) is 0.556. The molecule has 1 unspecified atom stereocenters. The van der Waals surface area contributed by atoms with Crippen LogP contribution in [0.25, 0.3) is 0 Å². The minimum absolute atomic E-state index is 0.575. The molecule has 0 amide bonds. The third kappa shape index (κ3) is 3.75. The molecule has 1 heterocycles. The average molecular weight is 306 g/mol. The fourth-order valence-electron chi connectivity index (χ4n) is 1.10. The molecule has 0 aromatic carbocycles. The van der Waals surface area contributed by atoms with Gasteiger partial charge < -0.3 is 11.1 Å². The highest BCUT2D eigenvalue weighted by molar-refractivity contribution is 14.1. The molecule has 78 valence electrons. The molecule has 0 aliphatic carbocycles. The molecular weight excluding hydrogens is 291 g/mol. The standard InChI is InChI=1S/C9H15IN4/c1-7(2-3-11)4-13-9-8(10)5-12-6-14-9/h5-7H,2-4,11H2,1H3,(H,12,13,14). The first-order chi connectivity index (χ1) is 6.74. The van der Waals surface area contributed by atoms with Gasteiger partial charge in [-0.1, -0.05) is 6.92 Å². The van der Waals surface area contributed by atoms with Gasteiger partial charge >= 0.3 is 0 Å². The van der Waals surface area contributed by atoms with E-state index in [0.29, 0.717) is 5.92 Å². The topological polar surface area (TPSA) is 63.8 Å². The lowest BCUT2D eigenvalue weighted by Crippen LogP contribution is -2.16. The lowest BCUT2D eigenvalue weighted by molar-refractivity contribution is 0.567. The number of aromatic nitrogens is 2. The van der Waals surface area contributed by atoms with Crippen LogP contribution in [0.3, 0.4) is 0 Å². The van der Waals surface area contributed by atoms with Gasteiger partial charge in [0.05, 0.1) is 3.57 Å². The van der Waals surface area contributed by atoms with Crippen LogP contribution >= 0.6 is 22.6 Å². The highest BCUT2D eigenvalue weighted by atomic mass is 127. The van der Waals surface area contributed by atoms with Crippen LogP contribution in [-0.4, -0.2) is 23.1 Å². The van der Waals surface area contributed by atoms with Crippen molar-refractivity contribution in [3.63, 3.8) is 0 Å². The number of anilines is 1. The molecule has 1 rings (SSSR count). The smallest absolute Gasteiger partial charge is 0.142 e. The number of halogens is 1. The first kappa shape index (κ1) is 11.6. The summed E-state index contributed by atoms with van der Waals surface area (Å²) in [5.74, 6) is 1.48. The number of hydrogen-bond donors (Lipinski definition) is 2. The van der Waals surface area contributed by atoms with Gasteiger partial charge in [0, 0.05) is 12.7 Å². The Morgan fingerprint density at radius 2 is 2.43 bits per heavy atom. The van der Waals surface area contributed by atoms with Crippen LogP contribution in [0.5, 0.6) is 0 Å². The first-order valence-corrected chi connectivity index (χ1v) is 5.71. The van der Waals surface area contributed by atoms with Crippen molar-refractivity contribution in [1.82, 2.24) is 9.97 Å². The van der Waals surface area contributed by atoms with Gasteiger partial charge in [0.15, 0.2) is 0 Å². The van der Waals surface area contributed by atoms with Crippen LogP contribution in [0, 0.1) is 9.49 Å². The molecule has 0 radical (unpaired) electrons. The number of hydrogen-bond acceptors (Lipinski definition) is 4. The molecule has 0 aliphatic heterocycles. The van der Waals surface area contributed by atoms with E-state index in [1.807, 2.05) is 0 Å². The minimum Gasteiger partial charge on any atom is -0.369 e. The van der Waals surface area contributed by atoms with Crippen molar-refractivity contribution in [2.75, 3.05) is 18.4 Å². The Morgan fingerprint density at radius 1 is 1.64 bits per heavy atom. The van der Waals surface area contributed by atoms with Crippen molar-refractivity contribution in [1.29, 1.82) is 0 Å². The second-order valence-electron chi connectivity index (χ2n) is 3.28. The van der Waals surface area contributed by atoms with E-state index in [2.05, 4.69) is 44.8 Å².